The van der Waals surface area contributed by atoms with E-state index in [-0.39, 0.29) is 5.91 Å². The highest BCUT2D eigenvalue weighted by atomic mass is 16.5. The molecule has 2 aliphatic heterocycles. The molecule has 0 bridgehead atoms. The van der Waals surface area contributed by atoms with Crippen molar-refractivity contribution in [3.63, 3.8) is 0 Å². The fraction of sp³-hybridized carbons (Fsp3) is 0.333. The molecule has 0 N–H and O–H groups in total. The van der Waals surface area contributed by atoms with Gasteiger partial charge in [0.25, 0.3) is 0 Å². The average molecular weight is 422 g/mol. The first-order chi connectivity index (χ1) is 15.2. The lowest BCUT2D eigenvalue weighted by atomic mass is 9.95. The van der Waals surface area contributed by atoms with Crippen LogP contribution in [0.25, 0.3) is 5.57 Å². The van der Waals surface area contributed by atoms with Crippen LogP contribution in [0.15, 0.2) is 53.5 Å². The lowest BCUT2D eigenvalue weighted by Crippen LogP contribution is -2.39. The van der Waals surface area contributed by atoms with Gasteiger partial charge in [-0.25, -0.2) is 4.99 Å². The molecular formula is C24H26N2O5. The van der Waals surface area contributed by atoms with Gasteiger partial charge in [-0.3, -0.25) is 4.79 Å². The molecule has 4 rings (SSSR count). The molecule has 2 aliphatic rings. The van der Waals surface area contributed by atoms with Crippen molar-refractivity contribution in [2.45, 2.75) is 0 Å². The molecule has 0 unspecified atom stereocenters. The van der Waals surface area contributed by atoms with Crippen molar-refractivity contribution in [1.82, 2.24) is 4.90 Å². The summed E-state index contributed by atoms with van der Waals surface area (Å²) in [5.41, 5.74) is 3.50. The van der Waals surface area contributed by atoms with Crippen molar-refractivity contribution in [1.29, 1.82) is 0 Å². The Morgan fingerprint density at radius 3 is 2.32 bits per heavy atom. The van der Waals surface area contributed by atoms with E-state index < -0.39 is 0 Å². The van der Waals surface area contributed by atoms with Crippen molar-refractivity contribution in [3.8, 4) is 11.5 Å². The lowest BCUT2D eigenvalue weighted by molar-refractivity contribution is -0.129. The molecule has 0 atom stereocenters. The lowest BCUT2D eigenvalue weighted by Gasteiger charge is -2.26. The number of hydrogen-bond acceptors (Lipinski definition) is 6. The SMILES string of the molecule is COc1ccc(C(=CC(=O)N2CCOCC2)c2ccc(C3=NCCO3)cc2)cc1OC. The van der Waals surface area contributed by atoms with E-state index in [2.05, 4.69) is 4.99 Å². The van der Waals surface area contributed by atoms with Gasteiger partial charge >= 0.3 is 0 Å². The Hall–Kier alpha value is -3.32. The number of ether oxygens (including phenoxy) is 4. The van der Waals surface area contributed by atoms with Crippen LogP contribution >= 0.6 is 0 Å². The van der Waals surface area contributed by atoms with Crippen LogP contribution in [-0.2, 0) is 14.3 Å². The van der Waals surface area contributed by atoms with Crippen LogP contribution in [0.3, 0.4) is 0 Å². The van der Waals surface area contributed by atoms with E-state index in [9.17, 15) is 4.79 Å². The smallest absolute Gasteiger partial charge is 0.247 e. The molecule has 1 fully saturated rings. The van der Waals surface area contributed by atoms with Gasteiger partial charge in [-0.2, -0.15) is 0 Å². The number of morpholine rings is 1. The molecule has 31 heavy (non-hydrogen) atoms. The molecule has 0 spiro atoms. The molecule has 2 aromatic carbocycles. The van der Waals surface area contributed by atoms with Gasteiger partial charge < -0.3 is 23.8 Å². The average Bonchev–Trinajstić information content (AvgIpc) is 3.38. The minimum Gasteiger partial charge on any atom is -0.493 e. The zero-order valence-corrected chi connectivity index (χ0v) is 17.8. The zero-order valence-electron chi connectivity index (χ0n) is 17.8. The minimum absolute atomic E-state index is 0.0411. The summed E-state index contributed by atoms with van der Waals surface area (Å²) in [7, 11) is 3.20. The summed E-state index contributed by atoms with van der Waals surface area (Å²) in [5.74, 6) is 1.86. The van der Waals surface area contributed by atoms with Crippen molar-refractivity contribution in [2.24, 2.45) is 4.99 Å². The van der Waals surface area contributed by atoms with E-state index >= 15 is 0 Å². The Morgan fingerprint density at radius 1 is 0.968 bits per heavy atom. The van der Waals surface area contributed by atoms with Crippen LogP contribution in [0.5, 0.6) is 11.5 Å². The van der Waals surface area contributed by atoms with Crippen molar-refractivity contribution < 1.29 is 23.7 Å². The number of carbonyl (C=O) groups excluding carboxylic acids is 1. The van der Waals surface area contributed by atoms with E-state index in [0.29, 0.717) is 56.9 Å². The number of carbonyl (C=O) groups is 1. The van der Waals surface area contributed by atoms with Crippen LogP contribution in [0.2, 0.25) is 0 Å². The summed E-state index contributed by atoms with van der Waals surface area (Å²) in [6, 6.07) is 13.5. The van der Waals surface area contributed by atoms with Gasteiger partial charge in [0.2, 0.25) is 11.8 Å². The summed E-state index contributed by atoms with van der Waals surface area (Å²) in [6.45, 7) is 3.59. The highest BCUT2D eigenvalue weighted by Gasteiger charge is 2.18. The zero-order chi connectivity index (χ0) is 21.6. The van der Waals surface area contributed by atoms with Crippen LogP contribution in [0.4, 0.5) is 0 Å². The quantitative estimate of drug-likeness (QED) is 0.670. The van der Waals surface area contributed by atoms with E-state index in [1.807, 2.05) is 42.5 Å². The molecule has 0 radical (unpaired) electrons. The van der Waals surface area contributed by atoms with Crippen molar-refractivity contribution in [2.75, 3.05) is 53.7 Å². The summed E-state index contributed by atoms with van der Waals surface area (Å²) >= 11 is 0. The fourth-order valence-electron chi connectivity index (χ4n) is 3.64. The van der Waals surface area contributed by atoms with E-state index in [4.69, 9.17) is 18.9 Å². The number of benzene rings is 2. The monoisotopic (exact) mass is 422 g/mol. The van der Waals surface area contributed by atoms with Gasteiger partial charge in [0.1, 0.15) is 6.61 Å². The molecule has 2 aromatic rings. The number of aliphatic imine (C=N–C) groups is 1. The third-order valence-corrected chi connectivity index (χ3v) is 5.31. The molecule has 1 saturated heterocycles. The minimum atomic E-state index is -0.0411. The van der Waals surface area contributed by atoms with E-state index in [1.54, 1.807) is 25.2 Å². The molecule has 2 heterocycles. The topological polar surface area (TPSA) is 69.6 Å². The Balaban J connectivity index is 1.72. The highest BCUT2D eigenvalue weighted by molar-refractivity contribution is 6.00. The first-order valence-electron chi connectivity index (χ1n) is 10.3. The first kappa shape index (κ1) is 20.9. The molecule has 1 amide bonds. The number of hydrogen-bond donors (Lipinski definition) is 0. The van der Waals surface area contributed by atoms with Gasteiger partial charge in [-0.1, -0.05) is 18.2 Å². The number of methoxy groups -OCH3 is 2. The Labute approximate surface area is 181 Å². The fourth-order valence-corrected chi connectivity index (χ4v) is 3.64. The molecule has 0 aliphatic carbocycles. The second-order valence-electron chi connectivity index (χ2n) is 7.18. The second kappa shape index (κ2) is 9.66. The summed E-state index contributed by atoms with van der Waals surface area (Å²) in [4.78, 5) is 19.2. The molecule has 0 aromatic heterocycles. The number of rotatable bonds is 6. The third kappa shape index (κ3) is 4.72. The molecule has 162 valence electrons. The molecule has 7 nitrogen and oxygen atoms in total. The summed E-state index contributed by atoms with van der Waals surface area (Å²) in [5, 5.41) is 0. The van der Waals surface area contributed by atoms with Crippen LogP contribution in [0, 0.1) is 0 Å². The van der Waals surface area contributed by atoms with Gasteiger partial charge in [-0.15, -0.1) is 0 Å². The van der Waals surface area contributed by atoms with Gasteiger partial charge in [0.15, 0.2) is 11.5 Å². The standard InChI is InChI=1S/C24H26N2O5/c1-28-21-8-7-19(15-22(21)29-2)20(16-23(27)26-10-13-30-14-11-26)17-3-5-18(6-4-17)24-25-9-12-31-24/h3-8,15-16H,9-14H2,1-2H3. The maximum absolute atomic E-state index is 13.0. The molecule has 7 heteroatoms. The van der Waals surface area contributed by atoms with Gasteiger partial charge in [0, 0.05) is 24.7 Å². The third-order valence-electron chi connectivity index (χ3n) is 5.31. The van der Waals surface area contributed by atoms with Crippen molar-refractivity contribution >= 4 is 17.4 Å². The first-order valence-corrected chi connectivity index (χ1v) is 10.3. The van der Waals surface area contributed by atoms with Gasteiger partial charge in [0.05, 0.1) is 34.0 Å². The largest absolute Gasteiger partial charge is 0.493 e. The Kier molecular flexibility index (Phi) is 6.52. The normalized spacial score (nSPS) is 16.5. The van der Waals surface area contributed by atoms with Crippen LogP contribution < -0.4 is 9.47 Å². The molecule has 0 saturated carbocycles. The van der Waals surface area contributed by atoms with E-state index in [0.717, 1.165) is 22.3 Å². The Morgan fingerprint density at radius 2 is 1.68 bits per heavy atom. The van der Waals surface area contributed by atoms with Crippen LogP contribution in [-0.4, -0.2) is 70.4 Å². The second-order valence-corrected chi connectivity index (χ2v) is 7.18. The predicted octanol–water partition coefficient (Wildman–Crippen LogP) is 2.77. The highest BCUT2D eigenvalue weighted by Crippen LogP contribution is 2.33. The number of amides is 1. The summed E-state index contributed by atoms with van der Waals surface area (Å²) < 4.78 is 21.8. The van der Waals surface area contributed by atoms with Crippen LogP contribution in [0.1, 0.15) is 16.7 Å². The van der Waals surface area contributed by atoms with Gasteiger partial charge in [-0.05, 0) is 41.0 Å². The molecular weight excluding hydrogens is 396 g/mol. The van der Waals surface area contributed by atoms with Crippen molar-refractivity contribution in [3.05, 3.63) is 65.2 Å². The maximum Gasteiger partial charge on any atom is 0.247 e. The van der Waals surface area contributed by atoms with E-state index in [1.165, 1.54) is 0 Å². The maximum atomic E-state index is 13.0. The Bertz CT molecular complexity index is 992. The number of nitrogens with zero attached hydrogens (tertiary/aromatic N) is 2. The summed E-state index contributed by atoms with van der Waals surface area (Å²) in [6.07, 6.45) is 1.69. The predicted molar refractivity (Wildman–Crippen MR) is 118 cm³/mol.